The summed E-state index contributed by atoms with van der Waals surface area (Å²) in [4.78, 5) is 5.49. The number of H-pyrrole nitrogens is 1. The van der Waals surface area contributed by atoms with Gasteiger partial charge in [-0.3, -0.25) is 4.90 Å². The van der Waals surface area contributed by atoms with E-state index in [0.29, 0.717) is 6.04 Å². The van der Waals surface area contributed by atoms with E-state index in [9.17, 15) is 5.26 Å². The van der Waals surface area contributed by atoms with E-state index in [-0.39, 0.29) is 5.54 Å². The molecule has 1 aliphatic carbocycles. The van der Waals surface area contributed by atoms with Gasteiger partial charge in [0.2, 0.25) is 0 Å². The van der Waals surface area contributed by atoms with Crippen LogP contribution in [-0.2, 0) is 6.54 Å². The number of hydrogen-bond acceptors (Lipinski definition) is 3. The van der Waals surface area contributed by atoms with Crippen molar-refractivity contribution in [1.82, 2.24) is 15.2 Å². The van der Waals surface area contributed by atoms with Gasteiger partial charge in [0.1, 0.15) is 5.54 Å². The van der Waals surface area contributed by atoms with Gasteiger partial charge in [0, 0.05) is 25.0 Å². The summed E-state index contributed by atoms with van der Waals surface area (Å²) in [6.07, 6.45) is 8.09. The molecular weight excluding hydrogens is 224 g/mol. The summed E-state index contributed by atoms with van der Waals surface area (Å²) in [6, 6.07) is 5.15. The lowest BCUT2D eigenvalue weighted by Crippen LogP contribution is -2.48. The Labute approximate surface area is 109 Å². The predicted octanol–water partition coefficient (Wildman–Crippen LogP) is 1.87. The number of aromatic nitrogens is 1. The maximum Gasteiger partial charge on any atom is 0.106 e. The lowest BCUT2D eigenvalue weighted by molar-refractivity contribution is 0.151. The van der Waals surface area contributed by atoms with Gasteiger partial charge in [-0.15, -0.1) is 0 Å². The van der Waals surface area contributed by atoms with E-state index in [4.69, 9.17) is 0 Å². The van der Waals surface area contributed by atoms with Crippen LogP contribution in [0.4, 0.5) is 0 Å². The van der Waals surface area contributed by atoms with Gasteiger partial charge in [-0.1, -0.05) is 0 Å². The standard InChI is InChI=1S/C14H22N4/c1-16-14(11-15)6-3-13(4-7-14)18(2)10-12-5-8-17-9-12/h5,8-9,13,16-17H,3-4,6-7,10H2,1-2H3. The topological polar surface area (TPSA) is 54.9 Å². The molecule has 0 amide bonds. The first-order valence-corrected chi connectivity index (χ1v) is 6.61. The third kappa shape index (κ3) is 2.74. The molecule has 2 rings (SSSR count). The molecule has 0 saturated heterocycles. The average molecular weight is 246 g/mol. The molecule has 0 spiro atoms. The van der Waals surface area contributed by atoms with Crippen LogP contribution < -0.4 is 5.32 Å². The molecule has 1 aromatic rings. The molecule has 1 aromatic heterocycles. The molecule has 0 atom stereocenters. The SMILES string of the molecule is CNC1(C#N)CCC(N(C)Cc2cc[nH]c2)CC1. The van der Waals surface area contributed by atoms with Crippen molar-refractivity contribution in [2.45, 2.75) is 43.8 Å². The van der Waals surface area contributed by atoms with Crippen LogP contribution in [0.25, 0.3) is 0 Å². The third-order valence-corrected chi connectivity index (χ3v) is 4.22. The second-order valence-electron chi connectivity index (χ2n) is 5.31. The minimum atomic E-state index is -0.286. The Morgan fingerprint density at radius 2 is 2.28 bits per heavy atom. The lowest BCUT2D eigenvalue weighted by atomic mass is 9.80. The Morgan fingerprint density at radius 3 is 2.78 bits per heavy atom. The first kappa shape index (κ1) is 13.1. The van der Waals surface area contributed by atoms with E-state index in [1.54, 1.807) is 0 Å². The molecule has 18 heavy (non-hydrogen) atoms. The summed E-state index contributed by atoms with van der Waals surface area (Å²) in [7, 11) is 4.07. The highest BCUT2D eigenvalue weighted by molar-refractivity contribution is 5.11. The van der Waals surface area contributed by atoms with Crippen LogP contribution >= 0.6 is 0 Å². The molecule has 1 saturated carbocycles. The fraction of sp³-hybridized carbons (Fsp3) is 0.643. The van der Waals surface area contributed by atoms with Crippen molar-refractivity contribution in [2.24, 2.45) is 0 Å². The maximum absolute atomic E-state index is 9.24. The Balaban J connectivity index is 1.88. The minimum Gasteiger partial charge on any atom is -0.367 e. The number of aromatic amines is 1. The summed E-state index contributed by atoms with van der Waals surface area (Å²) >= 11 is 0. The molecule has 2 N–H and O–H groups in total. The van der Waals surface area contributed by atoms with Crippen molar-refractivity contribution >= 4 is 0 Å². The molecule has 1 fully saturated rings. The zero-order valence-corrected chi connectivity index (χ0v) is 11.2. The molecule has 0 aliphatic heterocycles. The summed E-state index contributed by atoms with van der Waals surface area (Å²) < 4.78 is 0. The van der Waals surface area contributed by atoms with Crippen molar-refractivity contribution in [2.75, 3.05) is 14.1 Å². The van der Waals surface area contributed by atoms with E-state index < -0.39 is 0 Å². The molecule has 0 aromatic carbocycles. The number of nitrogens with one attached hydrogen (secondary N) is 2. The number of nitrogens with zero attached hydrogens (tertiary/aromatic N) is 2. The second-order valence-corrected chi connectivity index (χ2v) is 5.31. The van der Waals surface area contributed by atoms with E-state index in [1.165, 1.54) is 5.56 Å². The Morgan fingerprint density at radius 1 is 1.56 bits per heavy atom. The van der Waals surface area contributed by atoms with Crippen LogP contribution in [0.5, 0.6) is 0 Å². The summed E-state index contributed by atoms with van der Waals surface area (Å²) in [6.45, 7) is 0.979. The third-order valence-electron chi connectivity index (χ3n) is 4.22. The van der Waals surface area contributed by atoms with E-state index in [2.05, 4.69) is 34.4 Å². The van der Waals surface area contributed by atoms with Crippen LogP contribution in [0.2, 0.25) is 0 Å². The number of hydrogen-bond donors (Lipinski definition) is 2. The molecule has 4 nitrogen and oxygen atoms in total. The van der Waals surface area contributed by atoms with Gasteiger partial charge in [-0.25, -0.2) is 0 Å². The normalized spacial score (nSPS) is 28.2. The first-order valence-electron chi connectivity index (χ1n) is 6.61. The lowest BCUT2D eigenvalue weighted by Gasteiger charge is -2.38. The van der Waals surface area contributed by atoms with Crippen molar-refractivity contribution in [1.29, 1.82) is 5.26 Å². The molecule has 4 heteroatoms. The van der Waals surface area contributed by atoms with Crippen molar-refractivity contribution in [3.05, 3.63) is 24.0 Å². The van der Waals surface area contributed by atoms with Crippen molar-refractivity contribution in [3.8, 4) is 6.07 Å². The summed E-state index contributed by atoms with van der Waals surface area (Å²) in [5.74, 6) is 0. The van der Waals surface area contributed by atoms with E-state index >= 15 is 0 Å². The highest BCUT2D eigenvalue weighted by Gasteiger charge is 2.35. The van der Waals surface area contributed by atoms with Gasteiger partial charge in [-0.2, -0.15) is 5.26 Å². The molecular formula is C14H22N4. The largest absolute Gasteiger partial charge is 0.367 e. The molecule has 0 bridgehead atoms. The van der Waals surface area contributed by atoms with Crippen LogP contribution in [0.3, 0.4) is 0 Å². The fourth-order valence-electron chi connectivity index (χ4n) is 2.83. The number of rotatable bonds is 4. The van der Waals surface area contributed by atoms with Crippen LogP contribution in [0.15, 0.2) is 18.5 Å². The summed E-state index contributed by atoms with van der Waals surface area (Å²) in [5, 5.41) is 12.4. The average Bonchev–Trinajstić information content (AvgIpc) is 2.91. The van der Waals surface area contributed by atoms with E-state index in [0.717, 1.165) is 32.2 Å². The van der Waals surface area contributed by atoms with Gasteiger partial charge in [-0.05, 0) is 51.4 Å². The van der Waals surface area contributed by atoms with Crippen molar-refractivity contribution < 1.29 is 0 Å². The first-order chi connectivity index (χ1) is 8.69. The van der Waals surface area contributed by atoms with Gasteiger partial charge < -0.3 is 10.3 Å². The van der Waals surface area contributed by atoms with Gasteiger partial charge in [0.25, 0.3) is 0 Å². The highest BCUT2D eigenvalue weighted by Crippen LogP contribution is 2.30. The van der Waals surface area contributed by atoms with Crippen LogP contribution in [-0.4, -0.2) is 35.6 Å². The zero-order valence-electron chi connectivity index (χ0n) is 11.2. The Bertz CT molecular complexity index is 396. The van der Waals surface area contributed by atoms with E-state index in [1.807, 2.05) is 19.4 Å². The van der Waals surface area contributed by atoms with Crippen LogP contribution in [0, 0.1) is 11.3 Å². The molecule has 0 radical (unpaired) electrons. The summed E-state index contributed by atoms with van der Waals surface area (Å²) in [5.41, 5.74) is 1.04. The van der Waals surface area contributed by atoms with Crippen LogP contribution in [0.1, 0.15) is 31.2 Å². The van der Waals surface area contributed by atoms with Gasteiger partial charge in [0.05, 0.1) is 6.07 Å². The number of nitriles is 1. The Kier molecular flexibility index (Phi) is 4.05. The van der Waals surface area contributed by atoms with Gasteiger partial charge in [0.15, 0.2) is 0 Å². The quantitative estimate of drug-likeness (QED) is 0.852. The van der Waals surface area contributed by atoms with Gasteiger partial charge >= 0.3 is 0 Å². The van der Waals surface area contributed by atoms with Crippen molar-refractivity contribution in [3.63, 3.8) is 0 Å². The Hall–Kier alpha value is -1.31. The highest BCUT2D eigenvalue weighted by atomic mass is 15.1. The molecule has 0 unspecified atom stereocenters. The monoisotopic (exact) mass is 246 g/mol. The second kappa shape index (κ2) is 5.55. The fourth-order valence-corrected chi connectivity index (χ4v) is 2.83. The molecule has 1 aliphatic rings. The molecule has 98 valence electrons. The predicted molar refractivity (Wildman–Crippen MR) is 71.9 cm³/mol. The smallest absolute Gasteiger partial charge is 0.106 e. The minimum absolute atomic E-state index is 0.286. The molecule has 1 heterocycles. The zero-order chi connectivity index (χ0) is 13.0. The maximum atomic E-state index is 9.24.